The highest BCUT2D eigenvalue weighted by molar-refractivity contribution is 5.38. The Balaban J connectivity index is 2.52. The minimum absolute atomic E-state index is 0.549. The van der Waals surface area contributed by atoms with Crippen LogP contribution in [0.2, 0.25) is 0 Å². The van der Waals surface area contributed by atoms with Crippen LogP contribution < -0.4 is 0 Å². The van der Waals surface area contributed by atoms with Crippen molar-refractivity contribution in [1.29, 1.82) is 0 Å². The van der Waals surface area contributed by atoms with Crippen molar-refractivity contribution in [3.8, 4) is 0 Å². The zero-order chi connectivity index (χ0) is 11.0. The molecule has 1 aliphatic rings. The third-order valence-electron chi connectivity index (χ3n) is 3.32. The zero-order valence-electron chi connectivity index (χ0n) is 10.3. The van der Waals surface area contributed by atoms with Gasteiger partial charge in [0.25, 0.3) is 0 Å². The summed E-state index contributed by atoms with van der Waals surface area (Å²) in [6.07, 6.45) is 3.73. The molecule has 1 aromatic rings. The van der Waals surface area contributed by atoms with Gasteiger partial charge in [0, 0.05) is 11.4 Å². The van der Waals surface area contributed by atoms with Gasteiger partial charge in [0.15, 0.2) is 0 Å². The molecule has 82 valence electrons. The van der Waals surface area contributed by atoms with E-state index in [9.17, 15) is 0 Å². The van der Waals surface area contributed by atoms with Crippen molar-refractivity contribution < 1.29 is 0 Å². The summed E-state index contributed by atoms with van der Waals surface area (Å²) in [6, 6.07) is 2.33. The lowest BCUT2D eigenvalue weighted by Gasteiger charge is -2.15. The van der Waals surface area contributed by atoms with E-state index in [1.807, 2.05) is 0 Å². The molecule has 0 bridgehead atoms. The minimum Gasteiger partial charge on any atom is -0.257 e. The lowest BCUT2D eigenvalue weighted by molar-refractivity contribution is 0.784. The monoisotopic (exact) mass is 203 g/mol. The van der Waals surface area contributed by atoms with Gasteiger partial charge in [-0.15, -0.1) is 0 Å². The van der Waals surface area contributed by atoms with Crippen molar-refractivity contribution in [3.05, 3.63) is 28.6 Å². The Hall–Kier alpha value is -0.850. The van der Waals surface area contributed by atoms with E-state index in [1.165, 1.54) is 30.7 Å². The van der Waals surface area contributed by atoms with Crippen LogP contribution in [-0.2, 0) is 12.8 Å². The van der Waals surface area contributed by atoms with E-state index in [-0.39, 0.29) is 0 Å². The molecule has 0 spiro atoms. The molecule has 0 fully saturated rings. The highest BCUT2D eigenvalue weighted by atomic mass is 14.7. The Labute approximate surface area is 92.9 Å². The van der Waals surface area contributed by atoms with Gasteiger partial charge in [-0.3, -0.25) is 4.98 Å². The molecule has 0 radical (unpaired) electrons. The quantitative estimate of drug-likeness (QED) is 0.712. The van der Waals surface area contributed by atoms with Gasteiger partial charge in [-0.2, -0.15) is 0 Å². The van der Waals surface area contributed by atoms with Crippen LogP contribution in [0.4, 0.5) is 0 Å². The SMILES string of the molecule is CC(C)c1cc(C(C)C)c2c(n1)CCC2. The maximum Gasteiger partial charge on any atom is 0.0441 e. The van der Waals surface area contributed by atoms with Crippen LogP contribution in [0.5, 0.6) is 0 Å². The van der Waals surface area contributed by atoms with Crippen molar-refractivity contribution in [3.63, 3.8) is 0 Å². The van der Waals surface area contributed by atoms with Gasteiger partial charge in [0.05, 0.1) is 0 Å². The predicted molar refractivity (Wildman–Crippen MR) is 64.4 cm³/mol. The molecule has 1 aromatic heterocycles. The first-order valence-electron chi connectivity index (χ1n) is 6.12. The molecule has 0 unspecified atom stereocenters. The van der Waals surface area contributed by atoms with Gasteiger partial charge in [0.2, 0.25) is 0 Å². The van der Waals surface area contributed by atoms with Gasteiger partial charge in [0.1, 0.15) is 0 Å². The first-order valence-corrected chi connectivity index (χ1v) is 6.12. The lowest BCUT2D eigenvalue weighted by atomic mass is 9.94. The average molecular weight is 203 g/mol. The molecule has 0 aromatic carbocycles. The van der Waals surface area contributed by atoms with E-state index in [1.54, 1.807) is 11.1 Å². The van der Waals surface area contributed by atoms with Crippen LogP contribution in [0, 0.1) is 0 Å². The molecule has 1 nitrogen and oxygen atoms in total. The number of fused-ring (bicyclic) bond motifs is 1. The number of aryl methyl sites for hydroxylation is 1. The van der Waals surface area contributed by atoms with Crippen molar-refractivity contribution >= 4 is 0 Å². The number of rotatable bonds is 2. The summed E-state index contributed by atoms with van der Waals surface area (Å²) in [5, 5.41) is 0. The zero-order valence-corrected chi connectivity index (χ0v) is 10.3. The summed E-state index contributed by atoms with van der Waals surface area (Å²) >= 11 is 0. The smallest absolute Gasteiger partial charge is 0.0441 e. The number of nitrogens with zero attached hydrogens (tertiary/aromatic N) is 1. The minimum atomic E-state index is 0.549. The van der Waals surface area contributed by atoms with Gasteiger partial charge < -0.3 is 0 Å². The molecule has 15 heavy (non-hydrogen) atoms. The van der Waals surface area contributed by atoms with E-state index in [2.05, 4.69) is 33.8 Å². The van der Waals surface area contributed by atoms with Crippen LogP contribution in [0.3, 0.4) is 0 Å². The molecule has 1 heteroatoms. The molecule has 2 rings (SSSR count). The maximum absolute atomic E-state index is 4.80. The number of hydrogen-bond donors (Lipinski definition) is 0. The fourth-order valence-corrected chi connectivity index (χ4v) is 2.41. The molecule has 0 N–H and O–H groups in total. The van der Waals surface area contributed by atoms with Crippen molar-refractivity contribution in [2.75, 3.05) is 0 Å². The highest BCUT2D eigenvalue weighted by Crippen LogP contribution is 2.31. The standard InChI is InChI=1S/C14H21N/c1-9(2)12-8-14(10(3)4)15-13-7-5-6-11(12)13/h8-10H,5-7H2,1-4H3. The van der Waals surface area contributed by atoms with E-state index in [0.29, 0.717) is 11.8 Å². The highest BCUT2D eigenvalue weighted by Gasteiger charge is 2.19. The van der Waals surface area contributed by atoms with Gasteiger partial charge in [-0.25, -0.2) is 0 Å². The van der Waals surface area contributed by atoms with Crippen LogP contribution in [0.15, 0.2) is 6.07 Å². The van der Waals surface area contributed by atoms with Gasteiger partial charge in [-0.1, -0.05) is 27.7 Å². The summed E-state index contributed by atoms with van der Waals surface area (Å²) in [5.41, 5.74) is 5.75. The van der Waals surface area contributed by atoms with E-state index in [0.717, 1.165) is 0 Å². The molecular weight excluding hydrogens is 182 g/mol. The fraction of sp³-hybridized carbons (Fsp3) is 0.643. The van der Waals surface area contributed by atoms with Crippen LogP contribution in [-0.4, -0.2) is 4.98 Å². The first kappa shape index (κ1) is 10.7. The Morgan fingerprint density at radius 1 is 1.07 bits per heavy atom. The van der Waals surface area contributed by atoms with E-state index in [4.69, 9.17) is 4.98 Å². The second-order valence-corrected chi connectivity index (χ2v) is 5.22. The molecule has 0 saturated heterocycles. The summed E-state index contributed by atoms with van der Waals surface area (Å²) in [4.78, 5) is 4.80. The molecule has 1 aliphatic carbocycles. The van der Waals surface area contributed by atoms with Crippen molar-refractivity contribution in [1.82, 2.24) is 4.98 Å². The second kappa shape index (κ2) is 3.96. The number of pyridine rings is 1. The van der Waals surface area contributed by atoms with Crippen molar-refractivity contribution in [2.45, 2.75) is 58.8 Å². The summed E-state index contributed by atoms with van der Waals surface area (Å²) in [7, 11) is 0. The normalized spacial score (nSPS) is 15.1. The summed E-state index contributed by atoms with van der Waals surface area (Å²) in [5.74, 6) is 1.19. The molecule has 0 aliphatic heterocycles. The van der Waals surface area contributed by atoms with Gasteiger partial charge in [-0.05, 0) is 48.3 Å². The maximum atomic E-state index is 4.80. The Bertz CT molecular complexity index is 364. The fourth-order valence-electron chi connectivity index (χ4n) is 2.41. The third-order valence-corrected chi connectivity index (χ3v) is 3.32. The van der Waals surface area contributed by atoms with E-state index >= 15 is 0 Å². The molecule has 0 atom stereocenters. The largest absolute Gasteiger partial charge is 0.257 e. The lowest BCUT2D eigenvalue weighted by Crippen LogP contribution is -2.03. The molecule has 0 amide bonds. The predicted octanol–water partition coefficient (Wildman–Crippen LogP) is 3.82. The van der Waals surface area contributed by atoms with Crippen molar-refractivity contribution in [2.24, 2.45) is 0 Å². The number of hydrogen-bond acceptors (Lipinski definition) is 1. The molecule has 1 heterocycles. The molecular formula is C14H21N. The molecule has 0 saturated carbocycles. The summed E-state index contributed by atoms with van der Waals surface area (Å²) < 4.78 is 0. The van der Waals surface area contributed by atoms with Crippen LogP contribution in [0.1, 0.15) is 68.5 Å². The average Bonchev–Trinajstić information content (AvgIpc) is 2.62. The number of aromatic nitrogens is 1. The first-order chi connectivity index (χ1) is 7.09. The Morgan fingerprint density at radius 3 is 2.40 bits per heavy atom. The second-order valence-electron chi connectivity index (χ2n) is 5.22. The van der Waals surface area contributed by atoms with E-state index < -0.39 is 0 Å². The Morgan fingerprint density at radius 2 is 1.80 bits per heavy atom. The van der Waals surface area contributed by atoms with Gasteiger partial charge >= 0.3 is 0 Å². The summed E-state index contributed by atoms with van der Waals surface area (Å²) in [6.45, 7) is 9.04. The third kappa shape index (κ3) is 1.92. The van der Waals surface area contributed by atoms with Crippen LogP contribution >= 0.6 is 0 Å². The topological polar surface area (TPSA) is 12.9 Å². The Kier molecular flexibility index (Phi) is 2.81. The van der Waals surface area contributed by atoms with Crippen LogP contribution in [0.25, 0.3) is 0 Å².